The highest BCUT2D eigenvalue weighted by molar-refractivity contribution is 5.07. The van der Waals surface area contributed by atoms with E-state index in [0.717, 1.165) is 0 Å². The van der Waals surface area contributed by atoms with Crippen LogP contribution in [0.4, 0.5) is 0 Å². The summed E-state index contributed by atoms with van der Waals surface area (Å²) >= 11 is 0. The van der Waals surface area contributed by atoms with E-state index in [1.165, 1.54) is 0 Å². The van der Waals surface area contributed by atoms with E-state index < -0.39 is 29.3 Å². The third-order valence-electron chi connectivity index (χ3n) is 4.57. The quantitative estimate of drug-likeness (QED) is 0.590. The van der Waals surface area contributed by atoms with Crippen molar-refractivity contribution < 1.29 is 20.4 Å². The van der Waals surface area contributed by atoms with E-state index in [2.05, 4.69) is 0 Å². The van der Waals surface area contributed by atoms with Gasteiger partial charge in [-0.15, -0.1) is 0 Å². The zero-order valence-electron chi connectivity index (χ0n) is 11.2. The van der Waals surface area contributed by atoms with E-state index in [1.807, 2.05) is 6.92 Å². The molecular formula is C13H26O4. The van der Waals surface area contributed by atoms with Gasteiger partial charge in [-0.2, -0.15) is 0 Å². The third kappa shape index (κ3) is 2.50. The predicted octanol–water partition coefficient (Wildman–Crippen LogP) is 0.666. The van der Waals surface area contributed by atoms with Crippen molar-refractivity contribution in [2.75, 3.05) is 0 Å². The first-order chi connectivity index (χ1) is 7.63. The largest absolute Gasteiger partial charge is 0.393 e. The second-order valence-electron chi connectivity index (χ2n) is 6.18. The minimum absolute atomic E-state index is 0.102. The van der Waals surface area contributed by atoms with E-state index in [0.29, 0.717) is 19.3 Å². The molecule has 4 heteroatoms. The van der Waals surface area contributed by atoms with Gasteiger partial charge >= 0.3 is 0 Å². The van der Waals surface area contributed by atoms with Crippen LogP contribution in [0.15, 0.2) is 0 Å². The zero-order chi connectivity index (χ0) is 13.4. The van der Waals surface area contributed by atoms with Crippen molar-refractivity contribution in [1.82, 2.24) is 0 Å². The first-order valence-electron chi connectivity index (χ1n) is 6.39. The summed E-state index contributed by atoms with van der Waals surface area (Å²) in [5, 5.41) is 40.0. The Balaban J connectivity index is 2.93. The molecule has 0 heterocycles. The summed E-state index contributed by atoms with van der Waals surface area (Å²) in [7, 11) is 0. The summed E-state index contributed by atoms with van der Waals surface area (Å²) in [6.45, 7) is 7.13. The predicted molar refractivity (Wildman–Crippen MR) is 65.4 cm³/mol. The molecule has 0 aromatic carbocycles. The fraction of sp³-hybridized carbons (Fsp3) is 1.00. The van der Waals surface area contributed by atoms with E-state index in [9.17, 15) is 20.4 Å². The van der Waals surface area contributed by atoms with Crippen LogP contribution in [-0.4, -0.2) is 44.3 Å². The van der Waals surface area contributed by atoms with Gasteiger partial charge in [0.05, 0.1) is 23.9 Å². The maximum atomic E-state index is 10.8. The SMILES string of the molecule is CC(O)CC[C@]1(O)[C@@H](C)C[C@@H](O)[C@H](O)C1(C)C. The highest BCUT2D eigenvalue weighted by Crippen LogP contribution is 2.49. The standard InChI is InChI=1S/C13H26O4/c1-8-7-10(15)11(16)12(3,4)13(8,17)6-5-9(2)14/h8-11,14-17H,5-7H2,1-4H3/t8-,9?,10+,11-,13-/m0/s1. The van der Waals surface area contributed by atoms with Crippen LogP contribution in [0.3, 0.4) is 0 Å². The van der Waals surface area contributed by atoms with Crippen LogP contribution in [0, 0.1) is 11.3 Å². The molecular weight excluding hydrogens is 220 g/mol. The van der Waals surface area contributed by atoms with Gasteiger partial charge in [-0.05, 0) is 32.1 Å². The molecule has 0 aliphatic heterocycles. The Morgan fingerprint density at radius 1 is 1.29 bits per heavy atom. The van der Waals surface area contributed by atoms with Crippen molar-refractivity contribution in [3.05, 3.63) is 0 Å². The minimum Gasteiger partial charge on any atom is -0.393 e. The van der Waals surface area contributed by atoms with Crippen molar-refractivity contribution >= 4 is 0 Å². The lowest BCUT2D eigenvalue weighted by Crippen LogP contribution is -2.63. The van der Waals surface area contributed by atoms with E-state index in [-0.39, 0.29) is 5.92 Å². The Hall–Kier alpha value is -0.160. The minimum atomic E-state index is -1.05. The molecule has 0 saturated heterocycles. The van der Waals surface area contributed by atoms with Gasteiger partial charge in [-0.25, -0.2) is 0 Å². The Bertz CT molecular complexity index is 264. The number of hydrogen-bond acceptors (Lipinski definition) is 4. The number of aliphatic hydroxyl groups is 4. The number of aliphatic hydroxyl groups excluding tert-OH is 3. The number of hydrogen-bond donors (Lipinski definition) is 4. The molecule has 4 nitrogen and oxygen atoms in total. The van der Waals surface area contributed by atoms with Crippen LogP contribution < -0.4 is 0 Å². The third-order valence-corrected chi connectivity index (χ3v) is 4.57. The maximum absolute atomic E-state index is 10.8. The Morgan fingerprint density at radius 3 is 2.29 bits per heavy atom. The van der Waals surface area contributed by atoms with Crippen molar-refractivity contribution in [2.24, 2.45) is 11.3 Å². The average molecular weight is 246 g/mol. The Kier molecular flexibility index (Phi) is 4.24. The summed E-state index contributed by atoms with van der Waals surface area (Å²) in [5.41, 5.74) is -1.83. The van der Waals surface area contributed by atoms with Gasteiger partial charge in [0.1, 0.15) is 0 Å². The molecule has 17 heavy (non-hydrogen) atoms. The first-order valence-corrected chi connectivity index (χ1v) is 6.39. The molecule has 1 rings (SSSR count). The summed E-state index contributed by atoms with van der Waals surface area (Å²) in [5.74, 6) is -0.102. The molecule has 1 fully saturated rings. The number of rotatable bonds is 3. The molecule has 0 bridgehead atoms. The van der Waals surface area contributed by atoms with Gasteiger partial charge in [0, 0.05) is 5.41 Å². The van der Waals surface area contributed by atoms with Crippen molar-refractivity contribution in [1.29, 1.82) is 0 Å². The monoisotopic (exact) mass is 246 g/mol. The molecule has 0 amide bonds. The second-order valence-corrected chi connectivity index (χ2v) is 6.18. The lowest BCUT2D eigenvalue weighted by atomic mass is 9.57. The molecule has 0 aromatic heterocycles. The van der Waals surface area contributed by atoms with Gasteiger partial charge in [0.15, 0.2) is 0 Å². The molecule has 0 spiro atoms. The van der Waals surface area contributed by atoms with Crippen LogP contribution in [0.1, 0.15) is 47.0 Å². The molecule has 102 valence electrons. The van der Waals surface area contributed by atoms with E-state index >= 15 is 0 Å². The average Bonchev–Trinajstić information content (AvgIpc) is 2.22. The highest BCUT2D eigenvalue weighted by atomic mass is 16.3. The summed E-state index contributed by atoms with van der Waals surface area (Å²) in [6.07, 6.45) is -0.869. The topological polar surface area (TPSA) is 80.9 Å². The molecule has 4 N–H and O–H groups in total. The lowest BCUT2D eigenvalue weighted by Gasteiger charge is -2.55. The van der Waals surface area contributed by atoms with Crippen LogP contribution >= 0.6 is 0 Å². The fourth-order valence-electron chi connectivity index (χ4n) is 3.06. The van der Waals surface area contributed by atoms with Crippen LogP contribution in [-0.2, 0) is 0 Å². The lowest BCUT2D eigenvalue weighted by molar-refractivity contribution is -0.222. The van der Waals surface area contributed by atoms with Crippen molar-refractivity contribution in [3.8, 4) is 0 Å². The molecule has 1 saturated carbocycles. The van der Waals surface area contributed by atoms with E-state index in [1.54, 1.807) is 20.8 Å². The van der Waals surface area contributed by atoms with Crippen LogP contribution in [0.5, 0.6) is 0 Å². The highest BCUT2D eigenvalue weighted by Gasteiger charge is 2.56. The van der Waals surface area contributed by atoms with Gasteiger partial charge in [-0.1, -0.05) is 20.8 Å². The fourth-order valence-corrected chi connectivity index (χ4v) is 3.06. The van der Waals surface area contributed by atoms with Gasteiger partial charge in [0.25, 0.3) is 0 Å². The Labute approximate surface area is 103 Å². The summed E-state index contributed by atoms with van der Waals surface area (Å²) in [4.78, 5) is 0. The summed E-state index contributed by atoms with van der Waals surface area (Å²) in [6, 6.07) is 0. The zero-order valence-corrected chi connectivity index (χ0v) is 11.2. The smallest absolute Gasteiger partial charge is 0.0877 e. The second kappa shape index (κ2) is 4.84. The Morgan fingerprint density at radius 2 is 1.82 bits per heavy atom. The van der Waals surface area contributed by atoms with Gasteiger partial charge < -0.3 is 20.4 Å². The van der Waals surface area contributed by atoms with Crippen molar-refractivity contribution in [3.63, 3.8) is 0 Å². The normalized spacial score (nSPS) is 43.4. The van der Waals surface area contributed by atoms with Crippen LogP contribution in [0.2, 0.25) is 0 Å². The van der Waals surface area contributed by atoms with Crippen molar-refractivity contribution in [2.45, 2.75) is 70.9 Å². The molecule has 0 aromatic rings. The summed E-state index contributed by atoms with van der Waals surface area (Å²) < 4.78 is 0. The first kappa shape index (κ1) is 14.9. The van der Waals surface area contributed by atoms with Gasteiger partial charge in [0.2, 0.25) is 0 Å². The molecule has 5 atom stereocenters. The molecule has 1 aliphatic carbocycles. The molecule has 1 aliphatic rings. The molecule has 0 radical (unpaired) electrons. The van der Waals surface area contributed by atoms with Gasteiger partial charge in [-0.3, -0.25) is 0 Å². The molecule has 1 unspecified atom stereocenters. The van der Waals surface area contributed by atoms with E-state index in [4.69, 9.17) is 0 Å². The maximum Gasteiger partial charge on any atom is 0.0877 e. The van der Waals surface area contributed by atoms with Crippen LogP contribution in [0.25, 0.3) is 0 Å².